The number of hydrogen-bond acceptors (Lipinski definition) is 11. The Morgan fingerprint density at radius 3 is 1.73 bits per heavy atom. The van der Waals surface area contributed by atoms with Gasteiger partial charge >= 0.3 is 12.1 Å². The maximum absolute atomic E-state index is 13.5. The molecule has 0 aliphatic rings. The molecule has 0 spiro atoms. The molecule has 0 aliphatic heterocycles. The van der Waals surface area contributed by atoms with Crippen LogP contribution in [0.4, 0.5) is 4.79 Å². The summed E-state index contributed by atoms with van der Waals surface area (Å²) in [7, 11) is 0. The third-order valence-corrected chi connectivity index (χ3v) is 8.11. The molecule has 352 valence electrons. The predicted molar refractivity (Wildman–Crippen MR) is 234 cm³/mol. The van der Waals surface area contributed by atoms with Crippen molar-refractivity contribution in [2.75, 3.05) is 32.7 Å². The highest BCUT2D eigenvalue weighted by atomic mass is 16.6. The summed E-state index contributed by atoms with van der Waals surface area (Å²) in [5.41, 5.74) is 0.713. The fourth-order valence-electron chi connectivity index (χ4n) is 5.00. The number of aliphatic hydroxyl groups is 1. The Balaban J connectivity index is 0.00000339. The molecule has 0 heterocycles. The van der Waals surface area contributed by atoms with Gasteiger partial charge in [-0.1, -0.05) is 57.3 Å². The quantitative estimate of drug-likeness (QED) is 0.0474. The van der Waals surface area contributed by atoms with E-state index >= 15 is 0 Å². The highest BCUT2D eigenvalue weighted by Gasteiger charge is 2.29. The molecule has 4 atom stereocenters. The zero-order valence-corrected chi connectivity index (χ0v) is 37.7. The number of hydrogen-bond donors (Lipinski definition) is 10. The van der Waals surface area contributed by atoms with Gasteiger partial charge in [-0.25, -0.2) is 9.59 Å². The van der Waals surface area contributed by atoms with Crippen LogP contribution in [0, 0.1) is 5.92 Å². The van der Waals surface area contributed by atoms with E-state index in [0.717, 1.165) is 0 Å². The summed E-state index contributed by atoms with van der Waals surface area (Å²) < 4.78 is 5.15. The number of carboxylic acid groups (broad SMARTS) is 1. The van der Waals surface area contributed by atoms with E-state index in [0.29, 0.717) is 24.0 Å². The highest BCUT2D eigenvalue weighted by Crippen LogP contribution is 2.09. The van der Waals surface area contributed by atoms with E-state index < -0.39 is 90.4 Å². The molecular weight excluding hydrogens is 821 g/mol. The molecule has 1 aromatic carbocycles. The van der Waals surface area contributed by atoms with Crippen molar-refractivity contribution in [2.24, 2.45) is 5.92 Å². The molecule has 0 saturated heterocycles. The van der Waals surface area contributed by atoms with Crippen molar-refractivity contribution < 1.29 is 58.1 Å². The predicted octanol–water partition coefficient (Wildman–Crippen LogP) is 0.493. The van der Waals surface area contributed by atoms with Gasteiger partial charge in [0.05, 0.1) is 25.7 Å². The molecule has 20 heteroatoms. The molecule has 1 aromatic rings. The van der Waals surface area contributed by atoms with E-state index in [2.05, 4.69) is 55.7 Å². The summed E-state index contributed by atoms with van der Waals surface area (Å²) in [6.45, 7) is 19.5. The second kappa shape index (κ2) is 29.9. The van der Waals surface area contributed by atoms with Crippen molar-refractivity contribution in [1.29, 1.82) is 0 Å². The lowest BCUT2D eigenvalue weighted by Gasteiger charge is -2.24. The van der Waals surface area contributed by atoms with E-state index in [1.54, 1.807) is 65.0 Å². The number of alkyl carbamates (subject to hydrolysis) is 1. The van der Waals surface area contributed by atoms with Crippen LogP contribution in [0.1, 0.15) is 86.6 Å². The van der Waals surface area contributed by atoms with Crippen LogP contribution in [0.5, 0.6) is 0 Å². The van der Waals surface area contributed by atoms with Gasteiger partial charge in [0, 0.05) is 30.7 Å². The van der Waals surface area contributed by atoms with Crippen molar-refractivity contribution in [3.05, 3.63) is 60.2 Å². The Labute approximate surface area is 369 Å². The Bertz CT molecular complexity index is 1730. The minimum Gasteiger partial charge on any atom is -0.480 e. The van der Waals surface area contributed by atoms with Crippen molar-refractivity contribution in [1.82, 2.24) is 42.5 Å². The van der Waals surface area contributed by atoms with Crippen molar-refractivity contribution >= 4 is 53.4 Å². The molecule has 20 nitrogen and oxygen atoms in total. The molecule has 0 fully saturated rings. The molecule has 10 N–H and O–H groups in total. The SMILES string of the molecule is C=C(C)C(=O)NCC(=O)NCC(=O)NC(Cc1ccccc1)C(=O)NC(CC(C)C)C(=O)NCC(=O)NC(CCCCNC(=O)OC(C)(C)C)C(=O)O.C=C(C)C(=O)NCC(C)O. The monoisotopic (exact) mass is 888 g/mol. The molecule has 8 amide bonds. The lowest BCUT2D eigenvalue weighted by atomic mass is 10.0. The molecule has 0 radical (unpaired) electrons. The van der Waals surface area contributed by atoms with Crippen LogP contribution >= 0.6 is 0 Å². The Hall–Kier alpha value is -6.31. The molecule has 0 saturated carbocycles. The average Bonchev–Trinajstić information content (AvgIpc) is 3.18. The van der Waals surface area contributed by atoms with E-state index in [1.807, 2.05) is 13.8 Å². The van der Waals surface area contributed by atoms with Gasteiger partial charge in [0.15, 0.2) is 0 Å². The number of carbonyl (C=O) groups excluding carboxylic acids is 8. The number of aliphatic carboxylic acids is 1. The lowest BCUT2D eigenvalue weighted by Crippen LogP contribution is -2.56. The molecule has 4 unspecified atom stereocenters. The number of unbranched alkanes of at least 4 members (excludes halogenated alkanes) is 1. The smallest absolute Gasteiger partial charge is 0.407 e. The zero-order chi connectivity index (χ0) is 48.3. The Morgan fingerprint density at radius 1 is 0.667 bits per heavy atom. The first-order chi connectivity index (χ1) is 29.3. The second-order valence-corrected chi connectivity index (χ2v) is 16.2. The number of carboxylic acids is 1. The third kappa shape index (κ3) is 28.8. The zero-order valence-electron chi connectivity index (χ0n) is 37.7. The summed E-state index contributed by atoms with van der Waals surface area (Å²) in [5.74, 6) is -5.57. The van der Waals surface area contributed by atoms with Gasteiger partial charge in [-0.05, 0) is 78.7 Å². The largest absolute Gasteiger partial charge is 0.480 e. The third-order valence-electron chi connectivity index (χ3n) is 8.11. The van der Waals surface area contributed by atoms with Crippen LogP contribution in [0.2, 0.25) is 0 Å². The first kappa shape index (κ1) is 56.7. The number of benzene rings is 1. The molecule has 1 rings (SSSR count). The van der Waals surface area contributed by atoms with Gasteiger partial charge in [0.2, 0.25) is 41.4 Å². The van der Waals surface area contributed by atoms with Crippen molar-refractivity contribution in [3.8, 4) is 0 Å². The second-order valence-electron chi connectivity index (χ2n) is 16.2. The van der Waals surface area contributed by atoms with E-state index in [1.165, 1.54) is 6.92 Å². The lowest BCUT2D eigenvalue weighted by molar-refractivity contribution is -0.142. The maximum Gasteiger partial charge on any atom is 0.407 e. The van der Waals surface area contributed by atoms with Crippen LogP contribution < -0.4 is 42.5 Å². The average molecular weight is 889 g/mol. The number of aliphatic hydroxyl groups excluding tert-OH is 1. The van der Waals surface area contributed by atoms with Crippen LogP contribution in [0.3, 0.4) is 0 Å². The molecule has 0 bridgehead atoms. The topological polar surface area (TPSA) is 300 Å². The van der Waals surface area contributed by atoms with Crippen molar-refractivity contribution in [3.63, 3.8) is 0 Å². The van der Waals surface area contributed by atoms with Crippen LogP contribution in [0.15, 0.2) is 54.6 Å². The fraction of sp³-hybridized carbons (Fsp3) is 0.558. The minimum atomic E-state index is -1.27. The normalized spacial score (nSPS) is 12.5. The fourth-order valence-corrected chi connectivity index (χ4v) is 5.00. The number of nitrogens with one attached hydrogen (secondary N) is 8. The molecule has 63 heavy (non-hydrogen) atoms. The molecule has 0 aromatic heterocycles. The van der Waals surface area contributed by atoms with E-state index in [9.17, 15) is 48.3 Å². The Kier molecular flexibility index (Phi) is 26.9. The van der Waals surface area contributed by atoms with Gasteiger partial charge in [-0.15, -0.1) is 0 Å². The number of amides is 8. The summed E-state index contributed by atoms with van der Waals surface area (Å²) in [6, 6.07) is 5.27. The number of rotatable bonds is 25. The van der Waals surface area contributed by atoms with Crippen molar-refractivity contribution in [2.45, 2.75) is 117 Å². The van der Waals surface area contributed by atoms with Crippen LogP contribution in [-0.2, 0) is 49.5 Å². The summed E-state index contributed by atoms with van der Waals surface area (Å²) in [6.07, 6.45) is -0.00209. The Morgan fingerprint density at radius 2 is 1.21 bits per heavy atom. The summed E-state index contributed by atoms with van der Waals surface area (Å²) >= 11 is 0. The minimum absolute atomic E-state index is 0.0487. The van der Waals surface area contributed by atoms with E-state index in [-0.39, 0.29) is 56.3 Å². The van der Waals surface area contributed by atoms with E-state index in [4.69, 9.17) is 9.84 Å². The summed E-state index contributed by atoms with van der Waals surface area (Å²) in [4.78, 5) is 110. The van der Waals surface area contributed by atoms with Crippen LogP contribution in [-0.4, -0.2) is 126 Å². The molecular formula is C43H68N8O12. The van der Waals surface area contributed by atoms with Gasteiger partial charge in [0.25, 0.3) is 0 Å². The van der Waals surface area contributed by atoms with Gasteiger partial charge < -0.3 is 57.5 Å². The standard InChI is InChI=1S/C36H55N7O10.C7H13NO2/c1-22(2)17-26(32(48)40-21-30(46)41-25(34(50)51)15-11-12-16-37-35(52)53-36(5,6)7)43-33(49)27(18-24-13-9-8-10-14-24)42-29(45)20-38-28(44)19-39-31(47)23(3)4;1-5(2)7(10)8-4-6(3)9/h8-10,13-14,22,25-27H,3,11-12,15-21H2,1-2,4-7H3,(H,37,52)(H,38,44)(H,39,47)(H,40,48)(H,41,46)(H,42,45)(H,43,49)(H,50,51);6,9H,1,4H2,2-3H3,(H,8,10). The van der Waals surface area contributed by atoms with Gasteiger partial charge in [0.1, 0.15) is 23.7 Å². The number of carbonyl (C=O) groups is 9. The van der Waals surface area contributed by atoms with Crippen LogP contribution in [0.25, 0.3) is 0 Å². The first-order valence-electron chi connectivity index (χ1n) is 20.5. The van der Waals surface area contributed by atoms with Gasteiger partial charge in [-0.3, -0.25) is 33.6 Å². The van der Waals surface area contributed by atoms with Gasteiger partial charge in [-0.2, -0.15) is 0 Å². The first-order valence-corrected chi connectivity index (χ1v) is 20.5. The molecule has 0 aliphatic carbocycles. The highest BCUT2D eigenvalue weighted by molar-refractivity contribution is 5.96. The summed E-state index contributed by atoms with van der Waals surface area (Å²) in [5, 5.41) is 38.2. The number of ether oxygens (including phenoxy) is 1. The maximum atomic E-state index is 13.5.